The molecular formula is C14H18N4O. The number of nitrogens with two attached hydrogens (primary N) is 1. The van der Waals surface area contributed by atoms with Crippen LogP contribution in [0.25, 0.3) is 0 Å². The van der Waals surface area contributed by atoms with E-state index in [0.717, 1.165) is 16.7 Å². The second-order valence-corrected chi connectivity index (χ2v) is 4.61. The molecule has 5 heteroatoms. The Balaban J connectivity index is 2.10. The van der Waals surface area contributed by atoms with E-state index < -0.39 is 0 Å². The lowest BCUT2D eigenvalue weighted by Crippen LogP contribution is -2.24. The van der Waals surface area contributed by atoms with Crippen LogP contribution in [0.3, 0.4) is 0 Å². The molecule has 0 unspecified atom stereocenters. The number of nitrogens with zero attached hydrogens (tertiary/aromatic N) is 2. The minimum Gasteiger partial charge on any atom is -0.384 e. The Hall–Kier alpha value is -2.30. The van der Waals surface area contributed by atoms with Crippen LogP contribution in [-0.4, -0.2) is 15.7 Å². The lowest BCUT2D eigenvalue weighted by atomic mass is 10.0. The normalized spacial score (nSPS) is 10.5. The summed E-state index contributed by atoms with van der Waals surface area (Å²) >= 11 is 0. The number of benzene rings is 1. The van der Waals surface area contributed by atoms with E-state index in [1.165, 1.54) is 0 Å². The van der Waals surface area contributed by atoms with Crippen molar-refractivity contribution >= 4 is 11.7 Å². The highest BCUT2D eigenvalue weighted by molar-refractivity contribution is 5.95. The molecule has 0 aliphatic rings. The van der Waals surface area contributed by atoms with E-state index in [1.807, 2.05) is 32.0 Å². The van der Waals surface area contributed by atoms with Gasteiger partial charge in [0.05, 0.1) is 6.20 Å². The van der Waals surface area contributed by atoms with Crippen LogP contribution < -0.4 is 11.1 Å². The number of anilines is 1. The van der Waals surface area contributed by atoms with Gasteiger partial charge in [-0.1, -0.05) is 12.1 Å². The molecule has 19 heavy (non-hydrogen) atoms. The molecule has 3 N–H and O–H groups in total. The van der Waals surface area contributed by atoms with Gasteiger partial charge in [0.1, 0.15) is 5.82 Å². The van der Waals surface area contributed by atoms with Gasteiger partial charge in [0, 0.05) is 24.7 Å². The van der Waals surface area contributed by atoms with Gasteiger partial charge < -0.3 is 11.1 Å². The predicted octanol–water partition coefficient (Wildman–Crippen LogP) is 1.55. The van der Waals surface area contributed by atoms with Gasteiger partial charge in [-0.25, -0.2) is 0 Å². The number of aromatic nitrogens is 2. The first-order valence-electron chi connectivity index (χ1n) is 6.11. The highest BCUT2D eigenvalue weighted by Gasteiger charge is 2.11. The Labute approximate surface area is 112 Å². The average molecular weight is 258 g/mol. The molecule has 0 aliphatic heterocycles. The molecular weight excluding hydrogens is 240 g/mol. The molecule has 2 rings (SSSR count). The molecule has 5 nitrogen and oxygen atoms in total. The molecule has 0 aliphatic carbocycles. The number of carbonyl (C=O) groups excluding carboxylic acids is 1. The third kappa shape index (κ3) is 2.59. The lowest BCUT2D eigenvalue weighted by molar-refractivity contribution is 0.0950. The van der Waals surface area contributed by atoms with Crippen molar-refractivity contribution < 1.29 is 4.79 Å². The fraction of sp³-hybridized carbons (Fsp3) is 0.286. The van der Waals surface area contributed by atoms with E-state index in [2.05, 4.69) is 10.4 Å². The summed E-state index contributed by atoms with van der Waals surface area (Å²) in [4.78, 5) is 12.1. The second-order valence-electron chi connectivity index (χ2n) is 4.61. The molecule has 2 aromatic rings. The monoisotopic (exact) mass is 258 g/mol. The van der Waals surface area contributed by atoms with Crippen molar-refractivity contribution in [3.8, 4) is 0 Å². The molecule has 1 aromatic heterocycles. The summed E-state index contributed by atoms with van der Waals surface area (Å²) in [7, 11) is 1.77. The number of amides is 1. The fourth-order valence-corrected chi connectivity index (χ4v) is 1.90. The van der Waals surface area contributed by atoms with Crippen LogP contribution >= 0.6 is 0 Å². The Morgan fingerprint density at radius 1 is 1.42 bits per heavy atom. The number of nitrogen functional groups attached to an aromatic ring is 1. The van der Waals surface area contributed by atoms with Gasteiger partial charge in [-0.2, -0.15) is 5.10 Å². The van der Waals surface area contributed by atoms with E-state index in [0.29, 0.717) is 17.9 Å². The molecule has 0 fully saturated rings. The number of nitrogens with one attached hydrogen (secondary N) is 1. The number of hydrogen-bond acceptors (Lipinski definition) is 3. The largest absolute Gasteiger partial charge is 0.384 e. The molecule has 1 aromatic carbocycles. The first kappa shape index (κ1) is 13.1. The van der Waals surface area contributed by atoms with Crippen molar-refractivity contribution in [2.45, 2.75) is 20.4 Å². The van der Waals surface area contributed by atoms with E-state index in [1.54, 1.807) is 17.9 Å². The summed E-state index contributed by atoms with van der Waals surface area (Å²) in [5, 5.41) is 6.90. The summed E-state index contributed by atoms with van der Waals surface area (Å²) in [6.45, 7) is 4.32. The minimum atomic E-state index is -0.0931. The number of aryl methyl sites for hydroxylation is 2. The summed E-state index contributed by atoms with van der Waals surface area (Å²) in [6, 6.07) is 5.70. The van der Waals surface area contributed by atoms with Crippen molar-refractivity contribution in [3.05, 3.63) is 46.6 Å². The minimum absolute atomic E-state index is 0.0931. The molecule has 0 saturated heterocycles. The third-order valence-electron chi connectivity index (χ3n) is 3.35. The van der Waals surface area contributed by atoms with E-state index in [4.69, 9.17) is 5.73 Å². The summed E-state index contributed by atoms with van der Waals surface area (Å²) in [5.74, 6) is 0.478. The van der Waals surface area contributed by atoms with Gasteiger partial charge in [0.25, 0.3) is 5.91 Å². The summed E-state index contributed by atoms with van der Waals surface area (Å²) < 4.78 is 1.58. The van der Waals surface area contributed by atoms with Gasteiger partial charge in [-0.05, 0) is 31.0 Å². The Morgan fingerprint density at radius 2 is 2.16 bits per heavy atom. The quantitative estimate of drug-likeness (QED) is 0.877. The predicted molar refractivity (Wildman–Crippen MR) is 74.7 cm³/mol. The third-order valence-corrected chi connectivity index (χ3v) is 3.35. The zero-order chi connectivity index (χ0) is 14.0. The van der Waals surface area contributed by atoms with Crippen LogP contribution in [0.1, 0.15) is 27.0 Å². The van der Waals surface area contributed by atoms with Crippen LogP contribution in [0.2, 0.25) is 0 Å². The first-order valence-corrected chi connectivity index (χ1v) is 6.11. The molecule has 0 atom stereocenters. The standard InChI is InChI=1S/C14H18N4O/c1-9-5-4-6-12(10(9)2)14(19)16-7-11-8-17-18(3)13(11)15/h4-6,8H,7,15H2,1-3H3,(H,16,19). The van der Waals surface area contributed by atoms with Crippen LogP contribution in [0.15, 0.2) is 24.4 Å². The number of carbonyl (C=O) groups is 1. The van der Waals surface area contributed by atoms with Gasteiger partial charge >= 0.3 is 0 Å². The van der Waals surface area contributed by atoms with Crippen molar-refractivity contribution in [1.82, 2.24) is 15.1 Å². The van der Waals surface area contributed by atoms with Gasteiger partial charge in [-0.15, -0.1) is 0 Å². The van der Waals surface area contributed by atoms with Gasteiger partial charge in [0.2, 0.25) is 0 Å². The van der Waals surface area contributed by atoms with E-state index in [-0.39, 0.29) is 5.91 Å². The highest BCUT2D eigenvalue weighted by Crippen LogP contribution is 2.13. The molecule has 0 saturated carbocycles. The van der Waals surface area contributed by atoms with Crippen LogP contribution in [-0.2, 0) is 13.6 Å². The molecule has 100 valence electrons. The number of hydrogen-bond donors (Lipinski definition) is 2. The molecule has 0 bridgehead atoms. The second kappa shape index (κ2) is 5.14. The van der Waals surface area contributed by atoms with E-state index in [9.17, 15) is 4.79 Å². The maximum atomic E-state index is 12.1. The molecule has 0 spiro atoms. The summed E-state index contributed by atoms with van der Waals surface area (Å²) in [6.07, 6.45) is 1.67. The highest BCUT2D eigenvalue weighted by atomic mass is 16.1. The SMILES string of the molecule is Cc1cccc(C(=O)NCc2cnn(C)c2N)c1C. The maximum Gasteiger partial charge on any atom is 0.251 e. The zero-order valence-corrected chi connectivity index (χ0v) is 11.4. The average Bonchev–Trinajstić information content (AvgIpc) is 2.70. The van der Waals surface area contributed by atoms with Crippen molar-refractivity contribution in [2.24, 2.45) is 7.05 Å². The Bertz CT molecular complexity index is 616. The maximum absolute atomic E-state index is 12.1. The Morgan fingerprint density at radius 3 is 2.79 bits per heavy atom. The molecule has 1 heterocycles. The Kier molecular flexibility index (Phi) is 3.55. The van der Waals surface area contributed by atoms with Gasteiger partial charge in [-0.3, -0.25) is 9.48 Å². The van der Waals surface area contributed by atoms with Gasteiger partial charge in [0.15, 0.2) is 0 Å². The van der Waals surface area contributed by atoms with Crippen LogP contribution in [0.5, 0.6) is 0 Å². The van der Waals surface area contributed by atoms with Crippen LogP contribution in [0.4, 0.5) is 5.82 Å². The van der Waals surface area contributed by atoms with Crippen molar-refractivity contribution in [3.63, 3.8) is 0 Å². The summed E-state index contributed by atoms with van der Waals surface area (Å²) in [5.41, 5.74) is 9.45. The number of rotatable bonds is 3. The van der Waals surface area contributed by atoms with Crippen molar-refractivity contribution in [2.75, 3.05) is 5.73 Å². The smallest absolute Gasteiger partial charge is 0.251 e. The first-order chi connectivity index (χ1) is 9.00. The molecule has 0 radical (unpaired) electrons. The van der Waals surface area contributed by atoms with E-state index >= 15 is 0 Å². The van der Waals surface area contributed by atoms with Crippen molar-refractivity contribution in [1.29, 1.82) is 0 Å². The fourth-order valence-electron chi connectivity index (χ4n) is 1.90. The molecule has 1 amide bonds. The topological polar surface area (TPSA) is 72.9 Å². The van der Waals surface area contributed by atoms with Crippen LogP contribution in [0, 0.1) is 13.8 Å². The lowest BCUT2D eigenvalue weighted by Gasteiger charge is -2.09. The zero-order valence-electron chi connectivity index (χ0n) is 11.4.